The maximum Gasteiger partial charge on any atom is 0.433 e. The SMILES string of the molecule is CC.CC(c1cnc(C(F)(F)F)cc1C1=NCC=CN1)N(CC1CC1)C(=O)c1cc(C(F)(F)F)cc(C(F)(F)F)c1. The second-order valence-electron chi connectivity index (χ2n) is 9.26. The lowest BCUT2D eigenvalue weighted by atomic mass is 9.98. The second-order valence-corrected chi connectivity index (χ2v) is 9.26. The van der Waals surface area contributed by atoms with Gasteiger partial charge < -0.3 is 10.2 Å². The fourth-order valence-corrected chi connectivity index (χ4v) is 4.11. The number of aromatic nitrogens is 1. The Hall–Kier alpha value is -3.58. The molecule has 0 saturated heterocycles. The molecule has 1 unspecified atom stereocenters. The van der Waals surface area contributed by atoms with Crippen LogP contribution in [0, 0.1) is 5.92 Å². The third-order valence-corrected chi connectivity index (χ3v) is 6.34. The van der Waals surface area contributed by atoms with Gasteiger partial charge in [-0.2, -0.15) is 39.5 Å². The third kappa shape index (κ3) is 7.79. The van der Waals surface area contributed by atoms with Gasteiger partial charge in [-0.25, -0.2) is 0 Å². The van der Waals surface area contributed by atoms with Crippen molar-refractivity contribution in [2.45, 2.75) is 58.2 Å². The first kappa shape index (κ1) is 31.9. The van der Waals surface area contributed by atoms with Gasteiger partial charge >= 0.3 is 18.5 Å². The summed E-state index contributed by atoms with van der Waals surface area (Å²) in [4.78, 5) is 22.2. The minimum absolute atomic E-state index is 0.0299. The molecule has 2 heterocycles. The van der Waals surface area contributed by atoms with Crippen molar-refractivity contribution in [3.05, 3.63) is 76.2 Å². The normalized spacial score (nSPS) is 16.2. The van der Waals surface area contributed by atoms with Crippen LogP contribution in [0.4, 0.5) is 39.5 Å². The summed E-state index contributed by atoms with van der Waals surface area (Å²) >= 11 is 0. The molecule has 0 bridgehead atoms. The zero-order valence-electron chi connectivity index (χ0n) is 22.2. The average Bonchev–Trinajstić information content (AvgIpc) is 3.75. The Balaban J connectivity index is 0.00000226. The predicted octanol–water partition coefficient (Wildman–Crippen LogP) is 7.64. The van der Waals surface area contributed by atoms with Crippen molar-refractivity contribution < 1.29 is 44.3 Å². The zero-order chi connectivity index (χ0) is 30.8. The molecule has 0 spiro atoms. The molecule has 5 nitrogen and oxygen atoms in total. The lowest BCUT2D eigenvalue weighted by molar-refractivity contribution is -0.143. The highest BCUT2D eigenvalue weighted by molar-refractivity contribution is 6.01. The van der Waals surface area contributed by atoms with Gasteiger partial charge in [-0.15, -0.1) is 0 Å². The highest BCUT2D eigenvalue weighted by Gasteiger charge is 2.40. The Labute approximate surface area is 230 Å². The molecular formula is C27H27F9N4O. The zero-order valence-corrected chi connectivity index (χ0v) is 22.2. The molecule has 1 amide bonds. The van der Waals surface area contributed by atoms with E-state index >= 15 is 0 Å². The Morgan fingerprint density at radius 2 is 1.54 bits per heavy atom. The molecule has 1 aliphatic carbocycles. The number of nitrogens with zero attached hydrogens (tertiary/aromatic N) is 3. The summed E-state index contributed by atoms with van der Waals surface area (Å²) in [5.41, 5.74) is -5.35. The highest BCUT2D eigenvalue weighted by atomic mass is 19.4. The van der Waals surface area contributed by atoms with Crippen LogP contribution in [0.5, 0.6) is 0 Å². The van der Waals surface area contributed by atoms with E-state index in [0.29, 0.717) is 25.0 Å². The number of rotatable bonds is 6. The molecule has 14 heteroatoms. The number of hydrogen-bond acceptors (Lipinski definition) is 4. The van der Waals surface area contributed by atoms with E-state index in [2.05, 4.69) is 15.3 Å². The molecule has 1 atom stereocenters. The summed E-state index contributed by atoms with van der Waals surface area (Å²) in [5.74, 6) is -1.15. The van der Waals surface area contributed by atoms with Crippen molar-refractivity contribution in [1.82, 2.24) is 15.2 Å². The maximum atomic E-state index is 13.5. The van der Waals surface area contributed by atoms with Crippen LogP contribution < -0.4 is 5.32 Å². The van der Waals surface area contributed by atoms with Crippen LogP contribution in [0.15, 0.2) is 47.7 Å². The fraction of sp³-hybridized carbons (Fsp3) is 0.444. The summed E-state index contributed by atoms with van der Waals surface area (Å²) in [6.07, 6.45) is -9.83. The van der Waals surface area contributed by atoms with E-state index in [4.69, 9.17) is 0 Å². The van der Waals surface area contributed by atoms with Crippen molar-refractivity contribution >= 4 is 11.7 Å². The maximum absolute atomic E-state index is 13.5. The largest absolute Gasteiger partial charge is 0.433 e. The van der Waals surface area contributed by atoms with Crippen molar-refractivity contribution in [2.75, 3.05) is 13.1 Å². The summed E-state index contributed by atoms with van der Waals surface area (Å²) in [7, 11) is 0. The molecule has 1 aromatic carbocycles. The molecular weight excluding hydrogens is 567 g/mol. The Kier molecular flexibility index (Phi) is 9.44. The molecule has 4 rings (SSSR count). The van der Waals surface area contributed by atoms with Crippen LogP contribution in [-0.4, -0.2) is 34.7 Å². The van der Waals surface area contributed by atoms with Gasteiger partial charge in [0.05, 0.1) is 23.7 Å². The number of benzene rings is 1. The highest BCUT2D eigenvalue weighted by Crippen LogP contribution is 2.39. The molecule has 1 aliphatic heterocycles. The first-order valence-corrected chi connectivity index (χ1v) is 12.7. The monoisotopic (exact) mass is 594 g/mol. The van der Waals surface area contributed by atoms with Crippen LogP contribution in [-0.2, 0) is 18.5 Å². The van der Waals surface area contributed by atoms with E-state index in [1.807, 2.05) is 13.8 Å². The topological polar surface area (TPSA) is 57.6 Å². The number of aliphatic imine (C=N–C) groups is 1. The number of nitrogens with one attached hydrogen (secondary N) is 1. The molecule has 1 N–H and O–H groups in total. The smallest absolute Gasteiger partial charge is 0.347 e. The number of carbonyl (C=O) groups is 1. The van der Waals surface area contributed by atoms with Gasteiger partial charge in [-0.05, 0) is 56.0 Å². The quantitative estimate of drug-likeness (QED) is 0.350. The van der Waals surface area contributed by atoms with Gasteiger partial charge in [-0.1, -0.05) is 13.8 Å². The number of amides is 1. The molecule has 1 fully saturated rings. The van der Waals surface area contributed by atoms with Crippen molar-refractivity contribution in [3.63, 3.8) is 0 Å². The van der Waals surface area contributed by atoms with E-state index in [9.17, 15) is 44.3 Å². The predicted molar refractivity (Wildman–Crippen MR) is 133 cm³/mol. The van der Waals surface area contributed by atoms with Gasteiger partial charge in [-0.3, -0.25) is 14.8 Å². The Morgan fingerprint density at radius 3 is 2.00 bits per heavy atom. The molecule has 41 heavy (non-hydrogen) atoms. The van der Waals surface area contributed by atoms with Gasteiger partial charge in [0.25, 0.3) is 5.91 Å². The fourth-order valence-electron chi connectivity index (χ4n) is 4.11. The van der Waals surface area contributed by atoms with Gasteiger partial charge in [0.2, 0.25) is 0 Å². The van der Waals surface area contributed by atoms with E-state index in [-0.39, 0.29) is 42.0 Å². The molecule has 1 saturated carbocycles. The molecule has 224 valence electrons. The summed E-state index contributed by atoms with van der Waals surface area (Å²) in [5, 5.41) is 2.73. The third-order valence-electron chi connectivity index (χ3n) is 6.34. The molecule has 0 radical (unpaired) electrons. The number of alkyl halides is 9. The summed E-state index contributed by atoms with van der Waals surface area (Å²) in [6, 6.07) is 0.260. The number of carbonyl (C=O) groups excluding carboxylic acids is 1. The lowest BCUT2D eigenvalue weighted by Crippen LogP contribution is -2.37. The number of amidine groups is 1. The van der Waals surface area contributed by atoms with Crippen molar-refractivity contribution in [3.8, 4) is 0 Å². The van der Waals surface area contributed by atoms with Crippen LogP contribution in [0.3, 0.4) is 0 Å². The lowest BCUT2D eigenvalue weighted by Gasteiger charge is -2.32. The standard InChI is InChI=1S/C25H21F9N4O.C2H6/c1-13(19-11-37-20(25(32,33)34)10-18(19)21-35-5-2-6-36-21)38(12-14-3-4-14)22(39)15-7-16(23(26,27)28)9-17(8-15)24(29,30)31;1-2/h2,5,7-11,13-14H,3-4,6,12H2,1H3,(H,35,36);1-2H3. The first-order valence-electron chi connectivity index (χ1n) is 12.7. The summed E-state index contributed by atoms with van der Waals surface area (Å²) in [6.45, 7) is 5.54. The molecule has 1 aromatic heterocycles. The number of pyridine rings is 1. The Bertz CT molecular complexity index is 1280. The minimum Gasteiger partial charge on any atom is -0.347 e. The summed E-state index contributed by atoms with van der Waals surface area (Å²) < 4.78 is 121. The van der Waals surface area contributed by atoms with E-state index in [1.165, 1.54) is 13.1 Å². The number of halogens is 9. The van der Waals surface area contributed by atoms with E-state index in [1.54, 1.807) is 6.08 Å². The van der Waals surface area contributed by atoms with Crippen molar-refractivity contribution in [1.29, 1.82) is 0 Å². The van der Waals surface area contributed by atoms with Gasteiger partial charge in [0.1, 0.15) is 11.5 Å². The Morgan fingerprint density at radius 1 is 0.951 bits per heavy atom. The van der Waals surface area contributed by atoms with Gasteiger partial charge in [0.15, 0.2) is 0 Å². The van der Waals surface area contributed by atoms with Crippen LogP contribution in [0.2, 0.25) is 0 Å². The average molecular weight is 595 g/mol. The van der Waals surface area contributed by atoms with Crippen LogP contribution in [0.1, 0.15) is 78.0 Å². The van der Waals surface area contributed by atoms with Crippen LogP contribution in [0.25, 0.3) is 0 Å². The van der Waals surface area contributed by atoms with Crippen molar-refractivity contribution in [2.24, 2.45) is 10.9 Å². The van der Waals surface area contributed by atoms with E-state index in [0.717, 1.165) is 17.2 Å². The number of hydrogen-bond donors (Lipinski definition) is 1. The van der Waals surface area contributed by atoms with Gasteiger partial charge in [0, 0.05) is 35.6 Å². The van der Waals surface area contributed by atoms with E-state index < -0.39 is 52.9 Å². The molecule has 2 aliphatic rings. The second kappa shape index (κ2) is 12.1. The first-order chi connectivity index (χ1) is 19.1. The minimum atomic E-state index is -5.16. The van der Waals surface area contributed by atoms with Crippen LogP contribution >= 0.6 is 0 Å². The molecule has 2 aromatic rings.